The molecule has 94 valence electrons. The number of aromatic nitrogens is 2. The first kappa shape index (κ1) is 11.8. The summed E-state index contributed by atoms with van der Waals surface area (Å²) in [4.78, 5) is 10.3. The molecule has 0 bridgehead atoms. The number of aryl methyl sites for hydroxylation is 1. The van der Waals surface area contributed by atoms with E-state index < -0.39 is 4.92 Å². The molecule has 0 saturated carbocycles. The lowest BCUT2D eigenvalue weighted by atomic mass is 10.3. The van der Waals surface area contributed by atoms with E-state index in [0.29, 0.717) is 26.4 Å². The largest absolute Gasteiger partial charge is 0.376 e. The number of nitrogens with one attached hydrogen (secondary N) is 1. The fourth-order valence-corrected chi connectivity index (χ4v) is 1.60. The molecule has 0 spiro atoms. The second-order valence-electron chi connectivity index (χ2n) is 3.74. The van der Waals surface area contributed by atoms with Crippen LogP contribution in [0.4, 0.5) is 11.5 Å². The summed E-state index contributed by atoms with van der Waals surface area (Å²) >= 11 is 0. The number of rotatable bonds is 4. The van der Waals surface area contributed by atoms with Crippen LogP contribution in [-0.2, 0) is 16.5 Å². The number of ether oxygens (including phenoxy) is 2. The highest BCUT2D eigenvalue weighted by molar-refractivity contribution is 5.54. The van der Waals surface area contributed by atoms with Crippen molar-refractivity contribution >= 4 is 11.5 Å². The van der Waals surface area contributed by atoms with Crippen LogP contribution in [0.15, 0.2) is 6.20 Å². The zero-order valence-corrected chi connectivity index (χ0v) is 9.46. The van der Waals surface area contributed by atoms with Gasteiger partial charge in [-0.05, 0) is 0 Å². The van der Waals surface area contributed by atoms with Gasteiger partial charge in [-0.3, -0.25) is 14.8 Å². The smallest absolute Gasteiger partial charge is 0.330 e. The van der Waals surface area contributed by atoms with Gasteiger partial charge in [0.2, 0.25) is 5.82 Å². The van der Waals surface area contributed by atoms with Crippen LogP contribution in [0.2, 0.25) is 0 Å². The van der Waals surface area contributed by atoms with Crippen LogP contribution in [0, 0.1) is 10.1 Å². The minimum atomic E-state index is -0.465. The van der Waals surface area contributed by atoms with Gasteiger partial charge in [-0.1, -0.05) is 0 Å². The van der Waals surface area contributed by atoms with Crippen molar-refractivity contribution in [2.75, 3.05) is 31.7 Å². The van der Waals surface area contributed by atoms with Crippen molar-refractivity contribution in [3.05, 3.63) is 16.3 Å². The van der Waals surface area contributed by atoms with E-state index in [-0.39, 0.29) is 17.6 Å². The molecule has 0 amide bonds. The van der Waals surface area contributed by atoms with Crippen molar-refractivity contribution in [2.24, 2.45) is 7.05 Å². The van der Waals surface area contributed by atoms with Crippen LogP contribution in [0.1, 0.15) is 0 Å². The Morgan fingerprint density at radius 2 is 2.53 bits per heavy atom. The molecule has 0 radical (unpaired) electrons. The highest BCUT2D eigenvalue weighted by Gasteiger charge is 2.20. The number of nitro groups is 1. The lowest BCUT2D eigenvalue weighted by Gasteiger charge is -2.22. The lowest BCUT2D eigenvalue weighted by molar-refractivity contribution is -0.384. The summed E-state index contributed by atoms with van der Waals surface area (Å²) in [5.41, 5.74) is -0.0378. The Hall–Kier alpha value is -1.67. The molecule has 1 aliphatic rings. The summed E-state index contributed by atoms with van der Waals surface area (Å²) in [7, 11) is 1.64. The quantitative estimate of drug-likeness (QED) is 0.597. The van der Waals surface area contributed by atoms with E-state index in [1.807, 2.05) is 0 Å². The second kappa shape index (κ2) is 5.11. The number of hydrogen-bond acceptors (Lipinski definition) is 6. The minimum absolute atomic E-state index is 0.0378. The van der Waals surface area contributed by atoms with E-state index in [4.69, 9.17) is 9.47 Å². The molecule has 8 heteroatoms. The van der Waals surface area contributed by atoms with E-state index >= 15 is 0 Å². The van der Waals surface area contributed by atoms with Gasteiger partial charge in [-0.2, -0.15) is 0 Å². The van der Waals surface area contributed by atoms with E-state index in [2.05, 4.69) is 10.4 Å². The van der Waals surface area contributed by atoms with Gasteiger partial charge in [-0.25, -0.2) is 0 Å². The Kier molecular flexibility index (Phi) is 3.55. The Morgan fingerprint density at radius 1 is 1.71 bits per heavy atom. The second-order valence-corrected chi connectivity index (χ2v) is 3.74. The molecule has 2 rings (SSSR count). The first-order chi connectivity index (χ1) is 8.16. The van der Waals surface area contributed by atoms with Crippen molar-refractivity contribution in [1.82, 2.24) is 9.78 Å². The molecule has 17 heavy (non-hydrogen) atoms. The van der Waals surface area contributed by atoms with Crippen LogP contribution in [-0.4, -0.2) is 47.2 Å². The molecule has 1 aliphatic heterocycles. The summed E-state index contributed by atoms with van der Waals surface area (Å²) in [5, 5.41) is 17.6. The van der Waals surface area contributed by atoms with Gasteiger partial charge < -0.3 is 14.8 Å². The van der Waals surface area contributed by atoms with Crippen molar-refractivity contribution in [1.29, 1.82) is 0 Å². The fraction of sp³-hybridized carbons (Fsp3) is 0.667. The van der Waals surface area contributed by atoms with E-state index in [1.54, 1.807) is 7.05 Å². The molecule has 2 heterocycles. The summed E-state index contributed by atoms with van der Waals surface area (Å²) in [5.74, 6) is 0.256. The highest BCUT2D eigenvalue weighted by Crippen LogP contribution is 2.21. The predicted molar refractivity (Wildman–Crippen MR) is 58.9 cm³/mol. The van der Waals surface area contributed by atoms with Crippen molar-refractivity contribution in [2.45, 2.75) is 6.10 Å². The van der Waals surface area contributed by atoms with Crippen LogP contribution in [0.25, 0.3) is 0 Å². The van der Waals surface area contributed by atoms with Gasteiger partial charge in [-0.15, -0.1) is 5.10 Å². The summed E-state index contributed by atoms with van der Waals surface area (Å²) in [6.45, 7) is 2.09. The van der Waals surface area contributed by atoms with Gasteiger partial charge in [0.15, 0.2) is 0 Å². The molecule has 1 fully saturated rings. The van der Waals surface area contributed by atoms with Gasteiger partial charge in [0, 0.05) is 13.6 Å². The van der Waals surface area contributed by atoms with Crippen molar-refractivity contribution in [3.8, 4) is 0 Å². The minimum Gasteiger partial charge on any atom is -0.376 e. The molecule has 1 aromatic heterocycles. The van der Waals surface area contributed by atoms with E-state index in [0.717, 1.165) is 0 Å². The number of hydrogen-bond donors (Lipinski definition) is 1. The average molecular weight is 242 g/mol. The first-order valence-corrected chi connectivity index (χ1v) is 5.28. The topological polar surface area (TPSA) is 91.5 Å². The fourth-order valence-electron chi connectivity index (χ4n) is 1.60. The molecular formula is C9H14N4O4. The molecule has 0 aliphatic carbocycles. The standard InChI is InChI=1S/C9H14N4O4/c1-12-5-8(13(14)15)9(11-12)10-4-7-6-16-2-3-17-7/h5,7H,2-4,6H2,1H3,(H,10,11). The van der Waals surface area contributed by atoms with Crippen LogP contribution < -0.4 is 5.32 Å². The van der Waals surface area contributed by atoms with Crippen molar-refractivity contribution in [3.63, 3.8) is 0 Å². The van der Waals surface area contributed by atoms with Gasteiger partial charge in [0.05, 0.1) is 30.8 Å². The third-order valence-corrected chi connectivity index (χ3v) is 2.39. The summed E-state index contributed by atoms with van der Waals surface area (Å²) in [6, 6.07) is 0. The van der Waals surface area contributed by atoms with E-state index in [9.17, 15) is 10.1 Å². The van der Waals surface area contributed by atoms with Gasteiger partial charge in [0.25, 0.3) is 0 Å². The number of anilines is 1. The molecule has 1 unspecified atom stereocenters. The molecule has 1 aromatic rings. The highest BCUT2D eigenvalue weighted by atomic mass is 16.6. The van der Waals surface area contributed by atoms with Crippen molar-refractivity contribution < 1.29 is 14.4 Å². The third kappa shape index (κ3) is 2.92. The maximum Gasteiger partial charge on any atom is 0.330 e. The molecule has 8 nitrogen and oxygen atoms in total. The van der Waals surface area contributed by atoms with Crippen LogP contribution >= 0.6 is 0 Å². The van der Waals surface area contributed by atoms with Crippen LogP contribution in [0.3, 0.4) is 0 Å². The van der Waals surface area contributed by atoms with E-state index in [1.165, 1.54) is 10.9 Å². The SMILES string of the molecule is Cn1cc([N+](=O)[O-])c(NCC2COCCO2)n1. The summed E-state index contributed by atoms with van der Waals surface area (Å²) in [6.07, 6.45) is 1.27. The Balaban J connectivity index is 1.95. The Morgan fingerprint density at radius 3 is 3.18 bits per heavy atom. The molecule has 1 N–H and O–H groups in total. The number of nitrogens with zero attached hydrogens (tertiary/aromatic N) is 3. The van der Waals surface area contributed by atoms with Gasteiger partial charge >= 0.3 is 5.69 Å². The third-order valence-electron chi connectivity index (χ3n) is 2.39. The Labute approximate surface area is 97.7 Å². The monoisotopic (exact) mass is 242 g/mol. The maximum absolute atomic E-state index is 10.7. The molecular weight excluding hydrogens is 228 g/mol. The predicted octanol–water partition coefficient (Wildman–Crippen LogP) is 0.156. The summed E-state index contributed by atoms with van der Waals surface area (Å²) < 4.78 is 12.0. The zero-order chi connectivity index (χ0) is 12.3. The lowest BCUT2D eigenvalue weighted by Crippen LogP contribution is -2.34. The Bertz CT molecular complexity index is 400. The zero-order valence-electron chi connectivity index (χ0n) is 9.46. The average Bonchev–Trinajstić information content (AvgIpc) is 2.69. The molecule has 0 aromatic carbocycles. The molecule has 1 saturated heterocycles. The maximum atomic E-state index is 10.7. The first-order valence-electron chi connectivity index (χ1n) is 5.28. The van der Waals surface area contributed by atoms with Gasteiger partial charge in [0.1, 0.15) is 6.20 Å². The molecule has 1 atom stereocenters. The van der Waals surface area contributed by atoms with Crippen LogP contribution in [0.5, 0.6) is 0 Å². The normalized spacial score (nSPS) is 20.2.